The van der Waals surface area contributed by atoms with Gasteiger partial charge in [0, 0.05) is 20.0 Å². The Morgan fingerprint density at radius 1 is 1.11 bits per heavy atom. The fourth-order valence-corrected chi connectivity index (χ4v) is 2.69. The second-order valence-corrected chi connectivity index (χ2v) is 5.94. The topological polar surface area (TPSA) is 60.9 Å². The van der Waals surface area contributed by atoms with Crippen molar-refractivity contribution in [1.82, 2.24) is 9.80 Å². The van der Waals surface area contributed by atoms with E-state index in [1.54, 1.807) is 11.9 Å². The summed E-state index contributed by atoms with van der Waals surface area (Å²) in [6.07, 6.45) is 4.18. The largest absolute Gasteiger partial charge is 0.481 e. The van der Waals surface area contributed by atoms with Crippen LogP contribution < -0.4 is 0 Å². The highest BCUT2D eigenvalue weighted by atomic mass is 16.4. The lowest BCUT2D eigenvalue weighted by Gasteiger charge is -2.26. The van der Waals surface area contributed by atoms with Crippen LogP contribution in [0, 0.1) is 5.41 Å². The van der Waals surface area contributed by atoms with Crippen molar-refractivity contribution in [3.8, 4) is 0 Å². The van der Waals surface area contributed by atoms with Crippen molar-refractivity contribution in [2.45, 2.75) is 38.5 Å². The van der Waals surface area contributed by atoms with Gasteiger partial charge in [0.25, 0.3) is 0 Å². The average Bonchev–Trinajstić information content (AvgIpc) is 2.78. The fourth-order valence-electron chi connectivity index (χ4n) is 2.69. The third-order valence-corrected chi connectivity index (χ3v) is 4.03. The Bertz CT molecular complexity index is 323. The number of aliphatic carboxylic acids is 1. The molecule has 0 aliphatic heterocycles. The standard InChI is InChI=1S/C14H26N2O3/c1-15(2)9-6-10-16(3)12(17)11-14(13(18)19)7-4-5-8-14/h4-11H2,1-3H3,(H,18,19). The van der Waals surface area contributed by atoms with Gasteiger partial charge in [0.05, 0.1) is 5.41 Å². The van der Waals surface area contributed by atoms with Gasteiger partial charge in [-0.15, -0.1) is 0 Å². The summed E-state index contributed by atoms with van der Waals surface area (Å²) in [5.74, 6) is -0.844. The summed E-state index contributed by atoms with van der Waals surface area (Å²) in [7, 11) is 5.77. The van der Waals surface area contributed by atoms with Gasteiger partial charge < -0.3 is 14.9 Å². The predicted molar refractivity (Wildman–Crippen MR) is 74.0 cm³/mol. The summed E-state index contributed by atoms with van der Waals surface area (Å²) in [5, 5.41) is 9.37. The molecule has 1 aliphatic rings. The first-order valence-electron chi connectivity index (χ1n) is 6.99. The molecular formula is C14H26N2O3. The minimum Gasteiger partial charge on any atom is -0.481 e. The fraction of sp³-hybridized carbons (Fsp3) is 0.857. The number of hydrogen-bond donors (Lipinski definition) is 1. The van der Waals surface area contributed by atoms with E-state index in [1.165, 1.54) is 0 Å². The van der Waals surface area contributed by atoms with Crippen LogP contribution in [-0.2, 0) is 9.59 Å². The van der Waals surface area contributed by atoms with Crippen molar-refractivity contribution in [2.75, 3.05) is 34.2 Å². The number of hydrogen-bond acceptors (Lipinski definition) is 3. The van der Waals surface area contributed by atoms with E-state index in [-0.39, 0.29) is 12.3 Å². The number of rotatable bonds is 7. The lowest BCUT2D eigenvalue weighted by Crippen LogP contribution is -2.37. The molecule has 5 heteroatoms. The zero-order chi connectivity index (χ0) is 14.5. The van der Waals surface area contributed by atoms with E-state index in [9.17, 15) is 14.7 Å². The zero-order valence-electron chi connectivity index (χ0n) is 12.3. The lowest BCUT2D eigenvalue weighted by atomic mass is 9.82. The van der Waals surface area contributed by atoms with Crippen molar-refractivity contribution < 1.29 is 14.7 Å². The van der Waals surface area contributed by atoms with Gasteiger partial charge in [-0.25, -0.2) is 0 Å². The first-order chi connectivity index (χ1) is 8.87. The molecule has 0 saturated heterocycles. The zero-order valence-corrected chi connectivity index (χ0v) is 12.3. The molecule has 0 atom stereocenters. The molecule has 0 spiro atoms. The van der Waals surface area contributed by atoms with Gasteiger partial charge in [-0.1, -0.05) is 12.8 Å². The molecule has 0 radical (unpaired) electrons. The maximum absolute atomic E-state index is 12.1. The SMILES string of the molecule is CN(C)CCCN(C)C(=O)CC1(C(=O)O)CCCC1. The van der Waals surface area contributed by atoms with Gasteiger partial charge in [0.1, 0.15) is 0 Å². The Labute approximate surface area is 115 Å². The Kier molecular flexibility index (Phi) is 5.79. The summed E-state index contributed by atoms with van der Waals surface area (Å²) in [5.41, 5.74) is -0.799. The monoisotopic (exact) mass is 270 g/mol. The Morgan fingerprint density at radius 2 is 1.68 bits per heavy atom. The minimum absolute atomic E-state index is 0.0388. The summed E-state index contributed by atoms with van der Waals surface area (Å²) in [4.78, 5) is 27.3. The quantitative estimate of drug-likeness (QED) is 0.760. The van der Waals surface area contributed by atoms with E-state index in [0.717, 1.165) is 25.8 Å². The summed E-state index contributed by atoms with van der Waals surface area (Å²) >= 11 is 0. The molecule has 1 rings (SSSR count). The van der Waals surface area contributed by atoms with Crippen LogP contribution in [0.1, 0.15) is 38.5 Å². The maximum atomic E-state index is 12.1. The van der Waals surface area contributed by atoms with Gasteiger partial charge in [-0.2, -0.15) is 0 Å². The van der Waals surface area contributed by atoms with Crippen LogP contribution in [0.2, 0.25) is 0 Å². The molecule has 1 N–H and O–H groups in total. The van der Waals surface area contributed by atoms with Gasteiger partial charge in [-0.05, 0) is 39.9 Å². The van der Waals surface area contributed by atoms with E-state index in [2.05, 4.69) is 4.90 Å². The smallest absolute Gasteiger partial charge is 0.310 e. The number of carbonyl (C=O) groups is 2. The summed E-state index contributed by atoms with van der Waals surface area (Å²) < 4.78 is 0. The molecule has 19 heavy (non-hydrogen) atoms. The number of carbonyl (C=O) groups excluding carboxylic acids is 1. The molecule has 0 unspecified atom stereocenters. The molecule has 0 bridgehead atoms. The molecule has 1 amide bonds. The number of carboxylic acids is 1. The van der Waals surface area contributed by atoms with Gasteiger partial charge >= 0.3 is 5.97 Å². The molecule has 0 heterocycles. The van der Waals surface area contributed by atoms with E-state index in [4.69, 9.17) is 0 Å². The molecule has 0 aromatic heterocycles. The van der Waals surface area contributed by atoms with Crippen molar-refractivity contribution >= 4 is 11.9 Å². The Morgan fingerprint density at radius 3 is 2.16 bits per heavy atom. The Balaban J connectivity index is 2.46. The molecular weight excluding hydrogens is 244 g/mol. The highest BCUT2D eigenvalue weighted by Crippen LogP contribution is 2.41. The van der Waals surface area contributed by atoms with Crippen LogP contribution >= 0.6 is 0 Å². The van der Waals surface area contributed by atoms with Crippen molar-refractivity contribution in [3.05, 3.63) is 0 Å². The molecule has 1 aliphatic carbocycles. The first kappa shape index (κ1) is 16.0. The van der Waals surface area contributed by atoms with Gasteiger partial charge in [0.2, 0.25) is 5.91 Å². The summed E-state index contributed by atoms with van der Waals surface area (Å²) in [6, 6.07) is 0. The van der Waals surface area contributed by atoms with E-state index < -0.39 is 11.4 Å². The van der Waals surface area contributed by atoms with Crippen LogP contribution in [0.4, 0.5) is 0 Å². The molecule has 0 aromatic rings. The molecule has 5 nitrogen and oxygen atoms in total. The van der Waals surface area contributed by atoms with Crippen molar-refractivity contribution in [3.63, 3.8) is 0 Å². The summed E-state index contributed by atoms with van der Waals surface area (Å²) in [6.45, 7) is 1.62. The van der Waals surface area contributed by atoms with Crippen LogP contribution in [0.5, 0.6) is 0 Å². The van der Waals surface area contributed by atoms with E-state index >= 15 is 0 Å². The maximum Gasteiger partial charge on any atom is 0.310 e. The van der Waals surface area contributed by atoms with E-state index in [0.29, 0.717) is 19.4 Å². The highest BCUT2D eigenvalue weighted by molar-refractivity contribution is 5.85. The molecule has 110 valence electrons. The van der Waals surface area contributed by atoms with E-state index in [1.807, 2.05) is 14.1 Å². The number of nitrogens with zero attached hydrogens (tertiary/aromatic N) is 2. The van der Waals surface area contributed by atoms with Crippen LogP contribution in [0.25, 0.3) is 0 Å². The number of carboxylic acid groups (broad SMARTS) is 1. The van der Waals surface area contributed by atoms with Crippen LogP contribution in [0.3, 0.4) is 0 Å². The van der Waals surface area contributed by atoms with Crippen molar-refractivity contribution in [1.29, 1.82) is 0 Å². The molecule has 0 aromatic carbocycles. The Hall–Kier alpha value is -1.10. The predicted octanol–water partition coefficient (Wildman–Crippen LogP) is 1.43. The number of amides is 1. The first-order valence-corrected chi connectivity index (χ1v) is 6.99. The van der Waals surface area contributed by atoms with Crippen molar-refractivity contribution in [2.24, 2.45) is 5.41 Å². The second-order valence-electron chi connectivity index (χ2n) is 5.94. The molecule has 1 fully saturated rings. The second kappa shape index (κ2) is 6.89. The van der Waals surface area contributed by atoms with Gasteiger partial charge in [0.15, 0.2) is 0 Å². The third-order valence-electron chi connectivity index (χ3n) is 4.03. The normalized spacial score (nSPS) is 17.7. The molecule has 1 saturated carbocycles. The highest BCUT2D eigenvalue weighted by Gasteiger charge is 2.43. The third kappa shape index (κ3) is 4.49. The average molecular weight is 270 g/mol. The van der Waals surface area contributed by atoms with Crippen LogP contribution in [-0.4, -0.2) is 61.0 Å². The minimum atomic E-state index is -0.806. The van der Waals surface area contributed by atoms with Crippen LogP contribution in [0.15, 0.2) is 0 Å². The van der Waals surface area contributed by atoms with Gasteiger partial charge in [-0.3, -0.25) is 9.59 Å². The lowest BCUT2D eigenvalue weighted by molar-refractivity contribution is -0.153.